The highest BCUT2D eigenvalue weighted by Crippen LogP contribution is 2.30. The number of benzene rings is 1. The monoisotopic (exact) mass is 220 g/mol. The third kappa shape index (κ3) is 3.30. The molecule has 1 atom stereocenters. The van der Waals surface area contributed by atoms with Crippen LogP contribution in [-0.4, -0.2) is 14.2 Å². The molecule has 2 heteroatoms. The van der Waals surface area contributed by atoms with Crippen LogP contribution in [0.2, 0.25) is 0 Å². The Labute approximate surface area is 97.9 Å². The minimum Gasteiger partial charge on any atom is -0.497 e. The normalized spacial score (nSPS) is 12.0. The van der Waals surface area contributed by atoms with E-state index in [9.17, 15) is 0 Å². The van der Waals surface area contributed by atoms with E-state index in [1.54, 1.807) is 14.2 Å². The fourth-order valence-electron chi connectivity index (χ4n) is 1.75. The Morgan fingerprint density at radius 2 is 1.69 bits per heavy atom. The van der Waals surface area contributed by atoms with E-state index >= 15 is 0 Å². The summed E-state index contributed by atoms with van der Waals surface area (Å²) in [5.41, 5.74) is 2.41. The average molecular weight is 220 g/mol. The molecule has 0 radical (unpaired) electrons. The molecule has 0 aliphatic rings. The van der Waals surface area contributed by atoms with Gasteiger partial charge in [-0.2, -0.15) is 0 Å². The fourth-order valence-corrected chi connectivity index (χ4v) is 1.75. The molecule has 1 aromatic rings. The molecule has 0 heterocycles. The summed E-state index contributed by atoms with van der Waals surface area (Å²) in [4.78, 5) is 0. The van der Waals surface area contributed by atoms with Crippen molar-refractivity contribution in [2.75, 3.05) is 14.2 Å². The molecule has 0 spiro atoms. The Morgan fingerprint density at radius 1 is 1.19 bits per heavy atom. The number of allylic oxidation sites excluding steroid dienone is 1. The van der Waals surface area contributed by atoms with E-state index in [2.05, 4.69) is 25.6 Å². The molecule has 0 saturated carbocycles. The molecule has 2 nitrogen and oxygen atoms in total. The van der Waals surface area contributed by atoms with Crippen molar-refractivity contribution >= 4 is 0 Å². The van der Waals surface area contributed by atoms with Gasteiger partial charge in [-0.15, -0.1) is 6.58 Å². The van der Waals surface area contributed by atoms with Crippen LogP contribution in [0.5, 0.6) is 11.5 Å². The number of ether oxygens (including phenoxy) is 2. The van der Waals surface area contributed by atoms with Gasteiger partial charge in [-0.05, 0) is 37.0 Å². The highest BCUT2D eigenvalue weighted by atomic mass is 16.5. The van der Waals surface area contributed by atoms with Gasteiger partial charge in [0.1, 0.15) is 11.5 Å². The van der Waals surface area contributed by atoms with Crippen molar-refractivity contribution in [1.82, 2.24) is 0 Å². The molecule has 1 rings (SSSR count). The van der Waals surface area contributed by atoms with Gasteiger partial charge < -0.3 is 9.47 Å². The van der Waals surface area contributed by atoms with Gasteiger partial charge in [0.15, 0.2) is 0 Å². The van der Waals surface area contributed by atoms with Crippen molar-refractivity contribution in [2.45, 2.75) is 26.2 Å². The Hall–Kier alpha value is -1.44. The number of hydrogen-bond acceptors (Lipinski definition) is 2. The van der Waals surface area contributed by atoms with Gasteiger partial charge in [-0.25, -0.2) is 0 Å². The van der Waals surface area contributed by atoms with Crippen LogP contribution in [0, 0.1) is 0 Å². The van der Waals surface area contributed by atoms with Crippen LogP contribution in [0.4, 0.5) is 0 Å². The maximum atomic E-state index is 5.25. The smallest absolute Gasteiger partial charge is 0.122 e. The number of methoxy groups -OCH3 is 2. The highest BCUT2D eigenvalue weighted by molar-refractivity contribution is 5.40. The highest BCUT2D eigenvalue weighted by Gasteiger charge is 2.09. The van der Waals surface area contributed by atoms with Gasteiger partial charge in [0.05, 0.1) is 14.2 Å². The standard InChI is InChI=1S/C14H20O2/c1-10(2)6-11(3)12-7-13(15-4)9-14(8-12)16-5/h7-9,11H,1,6H2,2-5H3. The zero-order chi connectivity index (χ0) is 12.1. The first-order chi connectivity index (χ1) is 7.56. The van der Waals surface area contributed by atoms with Crippen LogP contribution in [0.1, 0.15) is 31.7 Å². The van der Waals surface area contributed by atoms with Crippen molar-refractivity contribution in [3.8, 4) is 11.5 Å². The Morgan fingerprint density at radius 3 is 2.06 bits per heavy atom. The number of hydrogen-bond donors (Lipinski definition) is 0. The van der Waals surface area contributed by atoms with Crippen molar-refractivity contribution < 1.29 is 9.47 Å². The summed E-state index contributed by atoms with van der Waals surface area (Å²) in [6.45, 7) is 8.18. The van der Waals surface area contributed by atoms with E-state index in [1.807, 2.05) is 13.0 Å². The molecule has 1 aromatic carbocycles. The molecule has 0 aliphatic heterocycles. The summed E-state index contributed by atoms with van der Waals surface area (Å²) in [5.74, 6) is 2.10. The first-order valence-corrected chi connectivity index (χ1v) is 5.44. The third-order valence-electron chi connectivity index (χ3n) is 2.60. The van der Waals surface area contributed by atoms with Crippen molar-refractivity contribution in [1.29, 1.82) is 0 Å². The molecular weight excluding hydrogens is 200 g/mol. The first kappa shape index (κ1) is 12.6. The zero-order valence-corrected chi connectivity index (χ0v) is 10.5. The van der Waals surface area contributed by atoms with Gasteiger partial charge in [-0.1, -0.05) is 12.5 Å². The van der Waals surface area contributed by atoms with E-state index in [0.717, 1.165) is 17.9 Å². The second-order valence-electron chi connectivity index (χ2n) is 4.21. The quantitative estimate of drug-likeness (QED) is 0.703. The molecule has 0 saturated heterocycles. The predicted molar refractivity (Wildman–Crippen MR) is 67.4 cm³/mol. The molecule has 0 bridgehead atoms. The van der Waals surface area contributed by atoms with Crippen LogP contribution < -0.4 is 9.47 Å². The van der Waals surface area contributed by atoms with Gasteiger partial charge in [0.2, 0.25) is 0 Å². The lowest BCUT2D eigenvalue weighted by Gasteiger charge is -2.14. The largest absolute Gasteiger partial charge is 0.497 e. The topological polar surface area (TPSA) is 18.5 Å². The van der Waals surface area contributed by atoms with Crippen molar-refractivity contribution in [2.24, 2.45) is 0 Å². The van der Waals surface area contributed by atoms with Crippen LogP contribution in [0.15, 0.2) is 30.4 Å². The Kier molecular flexibility index (Phi) is 4.41. The molecule has 0 aliphatic carbocycles. The summed E-state index contributed by atoms with van der Waals surface area (Å²) >= 11 is 0. The lowest BCUT2D eigenvalue weighted by Crippen LogP contribution is -1.96. The molecule has 0 fully saturated rings. The van der Waals surface area contributed by atoms with E-state index in [4.69, 9.17) is 9.47 Å². The average Bonchev–Trinajstić information content (AvgIpc) is 2.27. The third-order valence-corrected chi connectivity index (χ3v) is 2.60. The van der Waals surface area contributed by atoms with Crippen LogP contribution in [0.3, 0.4) is 0 Å². The van der Waals surface area contributed by atoms with E-state index in [1.165, 1.54) is 11.1 Å². The van der Waals surface area contributed by atoms with Crippen LogP contribution >= 0.6 is 0 Å². The van der Waals surface area contributed by atoms with E-state index < -0.39 is 0 Å². The summed E-state index contributed by atoms with van der Waals surface area (Å²) in [7, 11) is 3.34. The summed E-state index contributed by atoms with van der Waals surface area (Å²) in [6, 6.07) is 5.99. The molecule has 88 valence electrons. The first-order valence-electron chi connectivity index (χ1n) is 5.44. The SMILES string of the molecule is C=C(C)CC(C)c1cc(OC)cc(OC)c1. The van der Waals surface area contributed by atoms with Gasteiger partial charge in [-0.3, -0.25) is 0 Å². The summed E-state index contributed by atoms with van der Waals surface area (Å²) in [6.07, 6.45) is 0.982. The van der Waals surface area contributed by atoms with Crippen molar-refractivity contribution in [3.05, 3.63) is 35.9 Å². The molecular formula is C14H20O2. The van der Waals surface area contributed by atoms with E-state index in [0.29, 0.717) is 5.92 Å². The maximum Gasteiger partial charge on any atom is 0.122 e. The predicted octanol–water partition coefficient (Wildman–Crippen LogP) is 3.77. The lowest BCUT2D eigenvalue weighted by molar-refractivity contribution is 0.392. The minimum atomic E-state index is 0.432. The van der Waals surface area contributed by atoms with Gasteiger partial charge in [0.25, 0.3) is 0 Å². The number of rotatable bonds is 5. The van der Waals surface area contributed by atoms with Crippen LogP contribution in [-0.2, 0) is 0 Å². The fraction of sp³-hybridized carbons (Fsp3) is 0.429. The van der Waals surface area contributed by atoms with Crippen molar-refractivity contribution in [3.63, 3.8) is 0 Å². The second kappa shape index (κ2) is 5.59. The molecule has 0 amide bonds. The second-order valence-corrected chi connectivity index (χ2v) is 4.21. The van der Waals surface area contributed by atoms with Crippen LogP contribution in [0.25, 0.3) is 0 Å². The molecule has 1 unspecified atom stereocenters. The summed E-state index contributed by atoms with van der Waals surface area (Å²) in [5, 5.41) is 0. The maximum absolute atomic E-state index is 5.25. The lowest BCUT2D eigenvalue weighted by atomic mass is 9.94. The molecule has 16 heavy (non-hydrogen) atoms. The Bertz CT molecular complexity index is 347. The molecule has 0 N–H and O–H groups in total. The molecule has 0 aromatic heterocycles. The van der Waals surface area contributed by atoms with Gasteiger partial charge in [0, 0.05) is 6.07 Å². The Balaban J connectivity index is 2.97. The van der Waals surface area contributed by atoms with E-state index in [-0.39, 0.29) is 0 Å². The minimum absolute atomic E-state index is 0.432. The summed E-state index contributed by atoms with van der Waals surface area (Å²) < 4.78 is 10.5. The van der Waals surface area contributed by atoms with Gasteiger partial charge >= 0.3 is 0 Å². The zero-order valence-electron chi connectivity index (χ0n) is 10.5.